The van der Waals surface area contributed by atoms with E-state index in [-0.39, 0.29) is 17.9 Å². The van der Waals surface area contributed by atoms with Crippen molar-refractivity contribution in [3.05, 3.63) is 35.9 Å². The summed E-state index contributed by atoms with van der Waals surface area (Å²) in [5.41, 5.74) is 6.70. The van der Waals surface area contributed by atoms with Gasteiger partial charge in [-0.25, -0.2) is 0 Å². The molecule has 0 bridgehead atoms. The van der Waals surface area contributed by atoms with Crippen molar-refractivity contribution < 1.29 is 9.53 Å². The highest BCUT2D eigenvalue weighted by Gasteiger charge is 2.26. The molecule has 19 heavy (non-hydrogen) atoms. The van der Waals surface area contributed by atoms with E-state index in [1.165, 1.54) is 0 Å². The Kier molecular flexibility index (Phi) is 4.93. The van der Waals surface area contributed by atoms with Crippen LogP contribution in [0, 0.1) is 5.92 Å². The van der Waals surface area contributed by atoms with E-state index in [2.05, 4.69) is 12.2 Å². The molecule has 4 nitrogen and oxygen atoms in total. The van der Waals surface area contributed by atoms with Crippen LogP contribution in [0.3, 0.4) is 0 Å². The molecule has 4 heteroatoms. The summed E-state index contributed by atoms with van der Waals surface area (Å²) >= 11 is 0. The smallest absolute Gasteiger partial charge is 0.228 e. The molecule has 0 aliphatic carbocycles. The molecule has 0 saturated carbocycles. The lowest BCUT2D eigenvalue weighted by Crippen LogP contribution is -2.37. The molecular formula is C15H22N2O2. The lowest BCUT2D eigenvalue weighted by molar-refractivity contribution is -0.122. The Morgan fingerprint density at radius 1 is 1.47 bits per heavy atom. The molecule has 104 valence electrons. The van der Waals surface area contributed by atoms with Crippen molar-refractivity contribution in [2.24, 2.45) is 11.7 Å². The third-order valence-electron chi connectivity index (χ3n) is 3.83. The van der Waals surface area contributed by atoms with Crippen LogP contribution >= 0.6 is 0 Å². The lowest BCUT2D eigenvalue weighted by atomic mass is 9.97. The molecule has 1 amide bonds. The van der Waals surface area contributed by atoms with Crippen LogP contribution in [0.2, 0.25) is 0 Å². The van der Waals surface area contributed by atoms with Gasteiger partial charge < -0.3 is 15.8 Å². The Bertz CT molecular complexity index is 408. The van der Waals surface area contributed by atoms with Gasteiger partial charge in [-0.2, -0.15) is 0 Å². The average Bonchev–Trinajstić information content (AvgIpc) is 2.84. The molecule has 1 aliphatic heterocycles. The number of nitrogens with two attached hydrogens (primary N) is 1. The van der Waals surface area contributed by atoms with Crippen LogP contribution in [0.4, 0.5) is 0 Å². The summed E-state index contributed by atoms with van der Waals surface area (Å²) in [5, 5.41) is 3.01. The lowest BCUT2D eigenvalue weighted by Gasteiger charge is -2.19. The third-order valence-corrected chi connectivity index (χ3v) is 3.83. The Balaban J connectivity index is 1.90. The van der Waals surface area contributed by atoms with Gasteiger partial charge in [-0.3, -0.25) is 4.79 Å². The van der Waals surface area contributed by atoms with Gasteiger partial charge in [-0.1, -0.05) is 30.3 Å². The number of carbonyl (C=O) groups is 1. The van der Waals surface area contributed by atoms with Crippen molar-refractivity contribution in [1.82, 2.24) is 5.32 Å². The molecule has 0 radical (unpaired) electrons. The number of carbonyl (C=O) groups excluding carboxylic acids is 1. The summed E-state index contributed by atoms with van der Waals surface area (Å²) < 4.78 is 5.49. The second-order valence-electron chi connectivity index (χ2n) is 5.07. The van der Waals surface area contributed by atoms with Crippen molar-refractivity contribution in [3.8, 4) is 0 Å². The summed E-state index contributed by atoms with van der Waals surface area (Å²) in [5.74, 6) is 0.157. The zero-order valence-electron chi connectivity index (χ0n) is 11.3. The molecule has 1 aromatic carbocycles. The largest absolute Gasteiger partial charge is 0.378 e. The number of amides is 1. The zero-order chi connectivity index (χ0) is 13.7. The molecular weight excluding hydrogens is 240 g/mol. The first-order chi connectivity index (χ1) is 9.22. The molecule has 2 rings (SSSR count). The minimum absolute atomic E-state index is 0.00722. The second-order valence-corrected chi connectivity index (χ2v) is 5.07. The first-order valence-electron chi connectivity index (χ1n) is 6.86. The van der Waals surface area contributed by atoms with E-state index < -0.39 is 0 Å². The Morgan fingerprint density at radius 2 is 2.21 bits per heavy atom. The Morgan fingerprint density at radius 3 is 2.79 bits per heavy atom. The fraction of sp³-hybridized carbons (Fsp3) is 0.533. The van der Waals surface area contributed by atoms with Gasteiger partial charge in [0.05, 0.1) is 12.0 Å². The fourth-order valence-corrected chi connectivity index (χ4v) is 2.48. The minimum Gasteiger partial charge on any atom is -0.378 e. The number of hydrogen-bond acceptors (Lipinski definition) is 3. The highest BCUT2D eigenvalue weighted by molar-refractivity contribution is 5.83. The SMILES string of the molecule is CC1OCCC1CNC(=O)C(CN)c1ccccc1. The summed E-state index contributed by atoms with van der Waals surface area (Å²) in [7, 11) is 0. The maximum absolute atomic E-state index is 12.2. The van der Waals surface area contributed by atoms with Gasteiger partial charge in [0, 0.05) is 25.6 Å². The predicted octanol–water partition coefficient (Wildman–Crippen LogP) is 1.27. The summed E-state index contributed by atoms with van der Waals surface area (Å²) in [4.78, 5) is 12.2. The predicted molar refractivity (Wildman–Crippen MR) is 74.8 cm³/mol. The maximum atomic E-state index is 12.2. The van der Waals surface area contributed by atoms with Crippen LogP contribution in [0.5, 0.6) is 0 Å². The quantitative estimate of drug-likeness (QED) is 0.840. The Hall–Kier alpha value is -1.39. The van der Waals surface area contributed by atoms with E-state index in [1.807, 2.05) is 30.3 Å². The molecule has 1 fully saturated rings. The van der Waals surface area contributed by atoms with Crippen molar-refractivity contribution >= 4 is 5.91 Å². The molecule has 0 aromatic heterocycles. The second kappa shape index (κ2) is 6.68. The standard InChI is InChI=1S/C15H22N2O2/c1-11-13(7-8-19-11)10-17-15(18)14(9-16)12-5-3-2-4-6-12/h2-6,11,13-14H,7-10,16H2,1H3,(H,17,18). The van der Waals surface area contributed by atoms with Gasteiger partial charge in [0.15, 0.2) is 0 Å². The number of hydrogen-bond donors (Lipinski definition) is 2. The van der Waals surface area contributed by atoms with Gasteiger partial charge in [0.25, 0.3) is 0 Å². The van der Waals surface area contributed by atoms with E-state index in [4.69, 9.17) is 10.5 Å². The number of ether oxygens (including phenoxy) is 1. The van der Waals surface area contributed by atoms with Gasteiger partial charge in [0.2, 0.25) is 5.91 Å². The molecule has 1 aromatic rings. The monoisotopic (exact) mass is 262 g/mol. The van der Waals surface area contributed by atoms with Crippen molar-refractivity contribution in [1.29, 1.82) is 0 Å². The van der Waals surface area contributed by atoms with Gasteiger partial charge >= 0.3 is 0 Å². The van der Waals surface area contributed by atoms with Crippen LogP contribution in [0.15, 0.2) is 30.3 Å². The van der Waals surface area contributed by atoms with Crippen molar-refractivity contribution in [3.63, 3.8) is 0 Å². The molecule has 3 unspecified atom stereocenters. The third kappa shape index (κ3) is 3.55. The Labute approximate surface area is 114 Å². The van der Waals surface area contributed by atoms with E-state index >= 15 is 0 Å². The van der Waals surface area contributed by atoms with Crippen LogP contribution in [-0.2, 0) is 9.53 Å². The van der Waals surface area contributed by atoms with Crippen LogP contribution in [0.25, 0.3) is 0 Å². The average molecular weight is 262 g/mol. The molecule has 1 heterocycles. The first kappa shape index (κ1) is 14.0. The molecule has 1 saturated heterocycles. The minimum atomic E-state index is -0.265. The van der Waals surface area contributed by atoms with Gasteiger partial charge in [-0.15, -0.1) is 0 Å². The normalized spacial score (nSPS) is 24.1. The molecule has 1 aliphatic rings. The summed E-state index contributed by atoms with van der Waals surface area (Å²) in [6.45, 7) is 3.85. The summed E-state index contributed by atoms with van der Waals surface area (Å²) in [6.07, 6.45) is 1.24. The number of nitrogens with one attached hydrogen (secondary N) is 1. The fourth-order valence-electron chi connectivity index (χ4n) is 2.48. The topological polar surface area (TPSA) is 64.3 Å². The molecule has 0 spiro atoms. The van der Waals surface area contributed by atoms with E-state index in [1.54, 1.807) is 0 Å². The maximum Gasteiger partial charge on any atom is 0.228 e. The van der Waals surface area contributed by atoms with Crippen LogP contribution in [0.1, 0.15) is 24.8 Å². The van der Waals surface area contributed by atoms with Crippen LogP contribution < -0.4 is 11.1 Å². The van der Waals surface area contributed by atoms with E-state index in [0.29, 0.717) is 19.0 Å². The van der Waals surface area contributed by atoms with E-state index in [0.717, 1.165) is 18.6 Å². The number of rotatable bonds is 5. The van der Waals surface area contributed by atoms with Crippen LogP contribution in [-0.4, -0.2) is 31.7 Å². The number of benzene rings is 1. The summed E-state index contributed by atoms with van der Waals surface area (Å²) in [6, 6.07) is 9.68. The van der Waals surface area contributed by atoms with Crippen molar-refractivity contribution in [2.75, 3.05) is 19.7 Å². The van der Waals surface area contributed by atoms with Crippen molar-refractivity contribution in [2.45, 2.75) is 25.4 Å². The highest BCUT2D eigenvalue weighted by atomic mass is 16.5. The highest BCUT2D eigenvalue weighted by Crippen LogP contribution is 2.20. The zero-order valence-corrected chi connectivity index (χ0v) is 11.3. The molecule has 3 N–H and O–H groups in total. The first-order valence-corrected chi connectivity index (χ1v) is 6.86. The van der Waals surface area contributed by atoms with Gasteiger partial charge in [0.1, 0.15) is 0 Å². The van der Waals surface area contributed by atoms with Gasteiger partial charge in [-0.05, 0) is 18.9 Å². The molecule has 3 atom stereocenters. The van der Waals surface area contributed by atoms with E-state index in [9.17, 15) is 4.79 Å².